The number of anilines is 2. The maximum Gasteiger partial charge on any atom is 0.265 e. The zero-order valence-corrected chi connectivity index (χ0v) is 14.0. The van der Waals surface area contributed by atoms with Gasteiger partial charge in [0.15, 0.2) is 5.13 Å². The van der Waals surface area contributed by atoms with Crippen molar-refractivity contribution < 1.29 is 4.79 Å². The van der Waals surface area contributed by atoms with Gasteiger partial charge in [-0.1, -0.05) is 32.1 Å². The van der Waals surface area contributed by atoms with Crippen LogP contribution in [0.3, 0.4) is 0 Å². The number of piperidine rings is 1. The van der Waals surface area contributed by atoms with E-state index in [0.717, 1.165) is 24.6 Å². The Kier molecular flexibility index (Phi) is 5.45. The van der Waals surface area contributed by atoms with E-state index in [2.05, 4.69) is 36.0 Å². The Morgan fingerprint density at radius 3 is 2.62 bits per heavy atom. The van der Waals surface area contributed by atoms with Gasteiger partial charge in [-0.05, 0) is 31.6 Å². The van der Waals surface area contributed by atoms with Crippen molar-refractivity contribution in [2.45, 2.75) is 52.5 Å². The molecule has 0 saturated carbocycles. The molecule has 2 heterocycles. The summed E-state index contributed by atoms with van der Waals surface area (Å²) in [5.41, 5.74) is 5.95. The van der Waals surface area contributed by atoms with E-state index in [4.69, 9.17) is 5.73 Å². The molecule has 1 fully saturated rings. The highest BCUT2D eigenvalue weighted by Crippen LogP contribution is 2.30. The number of thiazole rings is 1. The van der Waals surface area contributed by atoms with Gasteiger partial charge in [-0.25, -0.2) is 4.98 Å². The molecule has 0 bridgehead atoms. The lowest BCUT2D eigenvalue weighted by molar-refractivity contribution is 0.0929. The summed E-state index contributed by atoms with van der Waals surface area (Å²) in [7, 11) is 0. The van der Waals surface area contributed by atoms with Gasteiger partial charge < -0.3 is 16.0 Å². The van der Waals surface area contributed by atoms with Gasteiger partial charge in [0, 0.05) is 19.1 Å². The molecule has 0 aromatic carbocycles. The van der Waals surface area contributed by atoms with Crippen LogP contribution >= 0.6 is 11.3 Å². The Hall–Kier alpha value is -1.30. The van der Waals surface area contributed by atoms with Gasteiger partial charge in [-0.2, -0.15) is 0 Å². The summed E-state index contributed by atoms with van der Waals surface area (Å²) in [5, 5.41) is 3.96. The zero-order valence-electron chi connectivity index (χ0n) is 13.2. The van der Waals surface area contributed by atoms with Crippen molar-refractivity contribution in [3.05, 3.63) is 4.88 Å². The summed E-state index contributed by atoms with van der Waals surface area (Å²) in [4.78, 5) is 19.6. The maximum atomic E-state index is 12.4. The summed E-state index contributed by atoms with van der Waals surface area (Å²) < 4.78 is 0. The van der Waals surface area contributed by atoms with Crippen molar-refractivity contribution in [2.75, 3.05) is 23.7 Å². The lowest BCUT2D eigenvalue weighted by Gasteiger charge is -2.25. The lowest BCUT2D eigenvalue weighted by Crippen LogP contribution is -2.37. The molecular weight excluding hydrogens is 284 g/mol. The molecule has 1 aliphatic rings. The van der Waals surface area contributed by atoms with E-state index in [1.54, 1.807) is 0 Å². The van der Waals surface area contributed by atoms with E-state index in [1.807, 2.05) is 0 Å². The van der Waals surface area contributed by atoms with Gasteiger partial charge in [0.05, 0.1) is 0 Å². The van der Waals surface area contributed by atoms with Crippen molar-refractivity contribution in [1.29, 1.82) is 0 Å². The third-order valence-corrected chi connectivity index (χ3v) is 5.17. The standard InChI is InChI=1S/C15H26N4OS/c1-4-11(10(2)3)17-14(20)12-13(16)18-15(21-12)19-8-6-5-7-9-19/h10-11H,4-9,16H2,1-3H3,(H,17,20). The molecule has 3 N–H and O–H groups in total. The third kappa shape index (κ3) is 3.87. The molecule has 6 heteroatoms. The number of rotatable bonds is 5. The molecule has 1 aromatic rings. The van der Waals surface area contributed by atoms with Crippen molar-refractivity contribution in [2.24, 2.45) is 5.92 Å². The minimum Gasteiger partial charge on any atom is -0.382 e. The average molecular weight is 310 g/mol. The summed E-state index contributed by atoms with van der Waals surface area (Å²) >= 11 is 1.42. The van der Waals surface area contributed by atoms with Gasteiger partial charge in [-0.3, -0.25) is 4.79 Å². The largest absolute Gasteiger partial charge is 0.382 e. The Balaban J connectivity index is 2.09. The molecule has 118 valence electrons. The molecule has 1 aliphatic heterocycles. The van der Waals surface area contributed by atoms with Crippen molar-refractivity contribution in [1.82, 2.24) is 10.3 Å². The van der Waals surface area contributed by atoms with E-state index in [-0.39, 0.29) is 11.9 Å². The van der Waals surface area contributed by atoms with Crippen LogP contribution in [0.4, 0.5) is 10.9 Å². The topological polar surface area (TPSA) is 71.2 Å². The molecule has 1 atom stereocenters. The van der Waals surface area contributed by atoms with Crippen molar-refractivity contribution in [3.63, 3.8) is 0 Å². The van der Waals surface area contributed by atoms with Crippen LogP contribution < -0.4 is 16.0 Å². The first-order chi connectivity index (χ1) is 10.0. The first-order valence-electron chi connectivity index (χ1n) is 7.85. The summed E-state index contributed by atoms with van der Waals surface area (Å²) in [6, 6.07) is 0.178. The molecule has 1 unspecified atom stereocenters. The maximum absolute atomic E-state index is 12.4. The van der Waals surface area contributed by atoms with E-state index >= 15 is 0 Å². The minimum absolute atomic E-state index is 0.0891. The second-order valence-corrected chi connectivity index (χ2v) is 6.97. The fourth-order valence-corrected chi connectivity index (χ4v) is 3.62. The summed E-state index contributed by atoms with van der Waals surface area (Å²) in [6.45, 7) is 8.34. The number of nitrogens with one attached hydrogen (secondary N) is 1. The van der Waals surface area contributed by atoms with Gasteiger partial charge >= 0.3 is 0 Å². The summed E-state index contributed by atoms with van der Waals surface area (Å²) in [6.07, 6.45) is 4.57. The van der Waals surface area contributed by atoms with Crippen LogP contribution in [0.1, 0.15) is 56.1 Å². The number of carbonyl (C=O) groups excluding carboxylic acids is 1. The van der Waals surface area contributed by atoms with E-state index < -0.39 is 0 Å². The fraction of sp³-hybridized carbons (Fsp3) is 0.733. The monoisotopic (exact) mass is 310 g/mol. The van der Waals surface area contributed by atoms with Gasteiger partial charge in [0.2, 0.25) is 0 Å². The highest BCUT2D eigenvalue weighted by atomic mass is 32.1. The highest BCUT2D eigenvalue weighted by molar-refractivity contribution is 7.18. The van der Waals surface area contributed by atoms with E-state index in [9.17, 15) is 4.79 Å². The molecule has 2 rings (SSSR count). The van der Waals surface area contributed by atoms with E-state index in [1.165, 1.54) is 30.6 Å². The normalized spacial score (nSPS) is 17.0. The number of hydrogen-bond donors (Lipinski definition) is 2. The quantitative estimate of drug-likeness (QED) is 0.877. The average Bonchev–Trinajstić information content (AvgIpc) is 2.87. The number of aromatic nitrogens is 1. The van der Waals surface area contributed by atoms with Gasteiger partial charge in [-0.15, -0.1) is 0 Å². The zero-order chi connectivity index (χ0) is 15.4. The fourth-order valence-electron chi connectivity index (χ4n) is 2.68. The Morgan fingerprint density at radius 2 is 2.05 bits per heavy atom. The molecule has 21 heavy (non-hydrogen) atoms. The first-order valence-corrected chi connectivity index (χ1v) is 8.66. The van der Waals surface area contributed by atoms with Crippen molar-refractivity contribution in [3.8, 4) is 0 Å². The number of amides is 1. The molecule has 1 aromatic heterocycles. The van der Waals surface area contributed by atoms with Crippen LogP contribution in [0.15, 0.2) is 0 Å². The van der Waals surface area contributed by atoms with Crippen LogP contribution in [0.25, 0.3) is 0 Å². The van der Waals surface area contributed by atoms with Gasteiger partial charge in [0.25, 0.3) is 5.91 Å². The number of nitrogens with two attached hydrogens (primary N) is 1. The molecule has 1 saturated heterocycles. The van der Waals surface area contributed by atoms with Crippen LogP contribution in [0.2, 0.25) is 0 Å². The summed E-state index contributed by atoms with van der Waals surface area (Å²) in [5.74, 6) is 0.681. The smallest absolute Gasteiger partial charge is 0.265 e. The Bertz CT molecular complexity index is 480. The number of nitrogen functional groups attached to an aromatic ring is 1. The molecule has 5 nitrogen and oxygen atoms in total. The molecule has 0 aliphatic carbocycles. The van der Waals surface area contributed by atoms with E-state index in [0.29, 0.717) is 16.6 Å². The second-order valence-electron chi connectivity index (χ2n) is 5.99. The molecule has 0 radical (unpaired) electrons. The van der Waals surface area contributed by atoms with Crippen LogP contribution in [0, 0.1) is 5.92 Å². The van der Waals surface area contributed by atoms with Crippen LogP contribution in [-0.2, 0) is 0 Å². The number of nitrogens with zero attached hydrogens (tertiary/aromatic N) is 2. The Labute approximate surface area is 130 Å². The highest BCUT2D eigenvalue weighted by Gasteiger charge is 2.23. The lowest BCUT2D eigenvalue weighted by atomic mass is 10.0. The predicted molar refractivity (Wildman–Crippen MR) is 89.0 cm³/mol. The molecule has 1 amide bonds. The number of hydrogen-bond acceptors (Lipinski definition) is 5. The van der Waals surface area contributed by atoms with Crippen molar-refractivity contribution >= 4 is 28.2 Å². The molecular formula is C15H26N4OS. The molecule has 0 spiro atoms. The van der Waals surface area contributed by atoms with Crippen LogP contribution in [0.5, 0.6) is 0 Å². The third-order valence-electron chi connectivity index (χ3n) is 4.04. The van der Waals surface area contributed by atoms with Gasteiger partial charge in [0.1, 0.15) is 10.7 Å². The Morgan fingerprint density at radius 1 is 1.38 bits per heavy atom. The minimum atomic E-state index is -0.0891. The second kappa shape index (κ2) is 7.11. The first kappa shape index (κ1) is 16.1. The predicted octanol–water partition coefficient (Wildman–Crippen LogP) is 2.88. The van der Waals surface area contributed by atoms with Crippen LogP contribution in [-0.4, -0.2) is 30.0 Å². The SMILES string of the molecule is CCC(NC(=O)c1sc(N2CCCCC2)nc1N)C(C)C. The number of carbonyl (C=O) groups is 1.